The Balaban J connectivity index is 2.02. The van der Waals surface area contributed by atoms with Gasteiger partial charge in [-0.15, -0.1) is 0 Å². The van der Waals surface area contributed by atoms with Gasteiger partial charge in [0.15, 0.2) is 5.82 Å². The van der Waals surface area contributed by atoms with Gasteiger partial charge in [0.05, 0.1) is 11.9 Å². The SMILES string of the molecule is Nc1c(NCC2(O)CCCCCC2)nc[nH]c1=O. The van der Waals surface area contributed by atoms with Gasteiger partial charge < -0.3 is 21.1 Å². The van der Waals surface area contributed by atoms with E-state index >= 15 is 0 Å². The first kappa shape index (κ1) is 12.9. The Bertz CT molecular complexity index is 450. The van der Waals surface area contributed by atoms with Crippen LogP contribution in [0.1, 0.15) is 38.5 Å². The van der Waals surface area contributed by atoms with Crippen LogP contribution < -0.4 is 16.6 Å². The fraction of sp³-hybridized carbons (Fsp3) is 0.667. The highest BCUT2D eigenvalue weighted by Gasteiger charge is 2.28. The predicted molar refractivity (Wildman–Crippen MR) is 70.4 cm³/mol. The standard InChI is InChI=1S/C12H20N4O2/c13-9-10(15-8-16-11(9)17)14-7-12(18)5-3-1-2-4-6-12/h8,18H,1-7,13H2,(H2,14,15,16,17). The fourth-order valence-corrected chi connectivity index (χ4v) is 2.36. The molecule has 2 rings (SSSR count). The number of anilines is 2. The fourth-order valence-electron chi connectivity index (χ4n) is 2.36. The molecule has 0 aromatic carbocycles. The number of rotatable bonds is 3. The van der Waals surface area contributed by atoms with Crippen LogP contribution in [0.25, 0.3) is 0 Å². The molecule has 5 N–H and O–H groups in total. The minimum atomic E-state index is -0.715. The molecule has 1 fully saturated rings. The van der Waals surface area contributed by atoms with Gasteiger partial charge in [0, 0.05) is 6.54 Å². The first-order valence-corrected chi connectivity index (χ1v) is 6.40. The molecule has 0 spiro atoms. The first-order chi connectivity index (χ1) is 8.61. The van der Waals surface area contributed by atoms with E-state index in [1.54, 1.807) is 0 Å². The predicted octanol–water partition coefficient (Wildman–Crippen LogP) is 0.849. The molecular weight excluding hydrogens is 232 g/mol. The second-order valence-electron chi connectivity index (χ2n) is 4.99. The molecule has 1 heterocycles. The van der Waals surface area contributed by atoms with Crippen molar-refractivity contribution < 1.29 is 5.11 Å². The van der Waals surface area contributed by atoms with Crippen LogP contribution in [0.5, 0.6) is 0 Å². The van der Waals surface area contributed by atoms with Crippen molar-refractivity contribution in [1.82, 2.24) is 9.97 Å². The summed E-state index contributed by atoms with van der Waals surface area (Å²) in [6.45, 7) is 0.383. The van der Waals surface area contributed by atoms with Gasteiger partial charge in [0.2, 0.25) is 0 Å². The minimum absolute atomic E-state index is 0.0646. The van der Waals surface area contributed by atoms with E-state index in [-0.39, 0.29) is 11.2 Å². The molecule has 1 aliphatic carbocycles. The van der Waals surface area contributed by atoms with Crippen LogP contribution in [0, 0.1) is 0 Å². The number of hydrogen-bond acceptors (Lipinski definition) is 5. The van der Waals surface area contributed by atoms with Gasteiger partial charge in [0.25, 0.3) is 5.56 Å². The lowest BCUT2D eigenvalue weighted by atomic mass is 9.94. The summed E-state index contributed by atoms with van der Waals surface area (Å²) in [5.74, 6) is 0.344. The van der Waals surface area contributed by atoms with Crippen LogP contribution >= 0.6 is 0 Å². The Kier molecular flexibility index (Phi) is 3.86. The highest BCUT2D eigenvalue weighted by molar-refractivity contribution is 5.58. The second-order valence-corrected chi connectivity index (χ2v) is 4.99. The van der Waals surface area contributed by atoms with E-state index in [4.69, 9.17) is 5.73 Å². The van der Waals surface area contributed by atoms with E-state index in [1.165, 1.54) is 19.2 Å². The zero-order valence-corrected chi connectivity index (χ0v) is 10.4. The molecule has 0 radical (unpaired) electrons. The van der Waals surface area contributed by atoms with E-state index in [9.17, 15) is 9.90 Å². The van der Waals surface area contributed by atoms with E-state index in [0.29, 0.717) is 12.4 Å². The van der Waals surface area contributed by atoms with Gasteiger partial charge in [0.1, 0.15) is 5.69 Å². The molecule has 6 nitrogen and oxygen atoms in total. The molecule has 1 saturated carbocycles. The number of nitrogens with two attached hydrogens (primary N) is 1. The number of hydrogen-bond donors (Lipinski definition) is 4. The number of H-pyrrole nitrogens is 1. The van der Waals surface area contributed by atoms with Crippen LogP contribution in [0.3, 0.4) is 0 Å². The smallest absolute Gasteiger partial charge is 0.276 e. The summed E-state index contributed by atoms with van der Waals surface area (Å²) >= 11 is 0. The van der Waals surface area contributed by atoms with E-state index in [1.807, 2.05) is 0 Å². The zero-order chi connectivity index (χ0) is 13.0. The largest absolute Gasteiger partial charge is 0.391 e. The summed E-state index contributed by atoms with van der Waals surface area (Å²) in [6, 6.07) is 0. The lowest BCUT2D eigenvalue weighted by Gasteiger charge is -2.27. The highest BCUT2D eigenvalue weighted by atomic mass is 16.3. The number of aromatic nitrogens is 2. The minimum Gasteiger partial charge on any atom is -0.391 e. The quantitative estimate of drug-likeness (QED) is 0.597. The number of nitrogens with one attached hydrogen (secondary N) is 2. The van der Waals surface area contributed by atoms with Gasteiger partial charge in [-0.05, 0) is 12.8 Å². The summed E-state index contributed by atoms with van der Waals surface area (Å²) in [4.78, 5) is 17.7. The number of aromatic amines is 1. The Labute approximate surface area is 106 Å². The monoisotopic (exact) mass is 252 g/mol. The van der Waals surface area contributed by atoms with Crippen molar-refractivity contribution in [3.8, 4) is 0 Å². The maximum atomic E-state index is 11.3. The number of aliphatic hydroxyl groups is 1. The molecule has 1 aromatic heterocycles. The molecule has 100 valence electrons. The molecule has 1 aromatic rings. The molecule has 0 saturated heterocycles. The highest BCUT2D eigenvalue weighted by Crippen LogP contribution is 2.27. The van der Waals surface area contributed by atoms with Crippen LogP contribution in [0.4, 0.5) is 11.5 Å². The van der Waals surface area contributed by atoms with Crippen molar-refractivity contribution in [3.63, 3.8) is 0 Å². The van der Waals surface area contributed by atoms with E-state index < -0.39 is 5.60 Å². The van der Waals surface area contributed by atoms with Crippen LogP contribution in [-0.2, 0) is 0 Å². The molecule has 18 heavy (non-hydrogen) atoms. The van der Waals surface area contributed by atoms with Gasteiger partial charge in [-0.25, -0.2) is 4.98 Å². The molecule has 1 aliphatic rings. The molecule has 6 heteroatoms. The average Bonchev–Trinajstić information content (AvgIpc) is 2.57. The molecule has 0 unspecified atom stereocenters. The van der Waals surface area contributed by atoms with Crippen molar-refractivity contribution in [1.29, 1.82) is 0 Å². The van der Waals surface area contributed by atoms with Crippen molar-refractivity contribution >= 4 is 11.5 Å². The third kappa shape index (κ3) is 3.01. The topological polar surface area (TPSA) is 104 Å². The van der Waals surface area contributed by atoms with E-state index in [0.717, 1.165) is 25.7 Å². The normalized spacial score (nSPS) is 19.2. The zero-order valence-electron chi connectivity index (χ0n) is 10.4. The van der Waals surface area contributed by atoms with Crippen molar-refractivity contribution in [2.45, 2.75) is 44.1 Å². The molecular formula is C12H20N4O2. The molecule has 0 aliphatic heterocycles. The van der Waals surface area contributed by atoms with Crippen molar-refractivity contribution in [3.05, 3.63) is 16.7 Å². The summed E-state index contributed by atoms with van der Waals surface area (Å²) in [7, 11) is 0. The van der Waals surface area contributed by atoms with Gasteiger partial charge in [-0.3, -0.25) is 4.79 Å². The molecule has 0 amide bonds. The molecule has 0 bridgehead atoms. The second kappa shape index (κ2) is 5.39. The Hall–Kier alpha value is -1.56. The maximum absolute atomic E-state index is 11.3. The summed E-state index contributed by atoms with van der Waals surface area (Å²) < 4.78 is 0. The van der Waals surface area contributed by atoms with Crippen molar-refractivity contribution in [2.24, 2.45) is 0 Å². The van der Waals surface area contributed by atoms with Crippen LogP contribution in [-0.4, -0.2) is 27.2 Å². The third-order valence-electron chi connectivity index (χ3n) is 3.51. The average molecular weight is 252 g/mol. The Morgan fingerprint density at radius 1 is 1.39 bits per heavy atom. The van der Waals surface area contributed by atoms with Crippen LogP contribution in [0.2, 0.25) is 0 Å². The summed E-state index contributed by atoms with van der Waals surface area (Å²) in [6.07, 6.45) is 7.29. The number of nitrogens with zero attached hydrogens (tertiary/aromatic N) is 1. The first-order valence-electron chi connectivity index (χ1n) is 6.40. The third-order valence-corrected chi connectivity index (χ3v) is 3.51. The van der Waals surface area contributed by atoms with Gasteiger partial charge in [-0.1, -0.05) is 25.7 Å². The summed E-state index contributed by atoms with van der Waals surface area (Å²) in [5, 5.41) is 13.4. The van der Waals surface area contributed by atoms with Gasteiger partial charge in [-0.2, -0.15) is 0 Å². The Morgan fingerprint density at radius 2 is 2.06 bits per heavy atom. The van der Waals surface area contributed by atoms with E-state index in [2.05, 4.69) is 15.3 Å². The molecule has 0 atom stereocenters. The summed E-state index contributed by atoms with van der Waals surface area (Å²) in [5.41, 5.74) is 4.61. The van der Waals surface area contributed by atoms with Crippen LogP contribution in [0.15, 0.2) is 11.1 Å². The Morgan fingerprint density at radius 3 is 2.72 bits per heavy atom. The van der Waals surface area contributed by atoms with Gasteiger partial charge >= 0.3 is 0 Å². The lowest BCUT2D eigenvalue weighted by molar-refractivity contribution is 0.0380. The maximum Gasteiger partial charge on any atom is 0.276 e. The lowest BCUT2D eigenvalue weighted by Crippen LogP contribution is -2.37. The number of nitrogen functional groups attached to an aromatic ring is 1. The van der Waals surface area contributed by atoms with Crippen molar-refractivity contribution in [2.75, 3.05) is 17.6 Å².